The second-order valence-corrected chi connectivity index (χ2v) is 12.7. The van der Waals surface area contributed by atoms with E-state index in [1.54, 1.807) is 0 Å². The van der Waals surface area contributed by atoms with Crippen LogP contribution >= 0.6 is 0 Å². The van der Waals surface area contributed by atoms with Crippen molar-refractivity contribution in [3.63, 3.8) is 0 Å². The molecule has 1 nitrogen and oxygen atoms in total. The van der Waals surface area contributed by atoms with E-state index in [9.17, 15) is 0 Å². The standard InChI is InChI=1S/C45H33N/c1-28-9-3-5-11-36(28)40-24-30(16-15-29(40)2)32-19-21-44-42(26-32)38-13-7-8-14-39(38)43-27-33(20-22-45(43)46-44)31-17-18-35-23-34-10-4-6-12-37(34)41(35)25-31/h3-22,24-27,46H,23H2,1-2H3. The van der Waals surface area contributed by atoms with Gasteiger partial charge in [0.2, 0.25) is 0 Å². The van der Waals surface area contributed by atoms with Gasteiger partial charge in [-0.25, -0.2) is 0 Å². The van der Waals surface area contributed by atoms with Crippen LogP contribution in [0.4, 0.5) is 11.4 Å². The summed E-state index contributed by atoms with van der Waals surface area (Å²) < 4.78 is 0. The zero-order chi connectivity index (χ0) is 30.8. The average Bonchev–Trinajstić information content (AvgIpc) is 3.40. The van der Waals surface area contributed by atoms with E-state index >= 15 is 0 Å². The molecule has 0 unspecified atom stereocenters. The molecule has 9 rings (SSSR count). The van der Waals surface area contributed by atoms with Crippen molar-refractivity contribution in [3.8, 4) is 66.8 Å². The molecule has 218 valence electrons. The molecule has 0 saturated heterocycles. The van der Waals surface area contributed by atoms with Crippen molar-refractivity contribution in [1.29, 1.82) is 0 Å². The first-order valence-corrected chi connectivity index (χ1v) is 16.1. The summed E-state index contributed by atoms with van der Waals surface area (Å²) in [5.41, 5.74) is 22.9. The summed E-state index contributed by atoms with van der Waals surface area (Å²) in [7, 11) is 0. The van der Waals surface area contributed by atoms with E-state index in [-0.39, 0.29) is 0 Å². The summed E-state index contributed by atoms with van der Waals surface area (Å²) in [6.07, 6.45) is 1.02. The maximum atomic E-state index is 3.82. The Kier molecular flexibility index (Phi) is 6.08. The Morgan fingerprint density at radius 1 is 0.348 bits per heavy atom. The van der Waals surface area contributed by atoms with Crippen LogP contribution in [0, 0.1) is 13.8 Å². The van der Waals surface area contributed by atoms with Gasteiger partial charge in [-0.05, 0) is 135 Å². The van der Waals surface area contributed by atoms with Crippen molar-refractivity contribution in [2.75, 3.05) is 5.32 Å². The second kappa shape index (κ2) is 10.5. The first-order valence-electron chi connectivity index (χ1n) is 16.1. The SMILES string of the molecule is Cc1ccccc1-c1cc(-c2ccc3c(c2)-c2ccccc2-c2cc(-c4ccc5c(c4)-c4ccccc4C5)ccc2N3)ccc1C. The fourth-order valence-corrected chi connectivity index (χ4v) is 7.48. The smallest absolute Gasteiger partial charge is 0.0464 e. The zero-order valence-electron chi connectivity index (χ0n) is 26.1. The molecule has 0 spiro atoms. The molecular formula is C45H33N. The van der Waals surface area contributed by atoms with Crippen molar-refractivity contribution in [1.82, 2.24) is 0 Å². The molecule has 0 bridgehead atoms. The third kappa shape index (κ3) is 4.31. The summed E-state index contributed by atoms with van der Waals surface area (Å²) in [6, 6.07) is 53.9. The highest BCUT2D eigenvalue weighted by Crippen LogP contribution is 2.47. The molecule has 0 aromatic heterocycles. The lowest BCUT2D eigenvalue weighted by atomic mass is 9.89. The maximum absolute atomic E-state index is 3.82. The molecule has 2 aliphatic rings. The molecule has 1 aliphatic heterocycles. The Morgan fingerprint density at radius 3 is 1.46 bits per heavy atom. The van der Waals surface area contributed by atoms with Gasteiger partial charge in [-0.2, -0.15) is 0 Å². The number of nitrogens with one attached hydrogen (secondary N) is 1. The number of fused-ring (bicyclic) bond motifs is 8. The lowest BCUT2D eigenvalue weighted by Gasteiger charge is -2.15. The molecule has 1 N–H and O–H groups in total. The van der Waals surface area contributed by atoms with Gasteiger partial charge in [0, 0.05) is 22.5 Å². The second-order valence-electron chi connectivity index (χ2n) is 12.7. The van der Waals surface area contributed by atoms with Crippen LogP contribution in [-0.4, -0.2) is 0 Å². The largest absolute Gasteiger partial charge is 0.355 e. The van der Waals surface area contributed by atoms with Crippen LogP contribution < -0.4 is 5.32 Å². The van der Waals surface area contributed by atoms with E-state index in [1.807, 2.05) is 0 Å². The number of benzene rings is 7. The van der Waals surface area contributed by atoms with Gasteiger partial charge >= 0.3 is 0 Å². The van der Waals surface area contributed by atoms with Crippen LogP contribution in [0.3, 0.4) is 0 Å². The maximum Gasteiger partial charge on any atom is 0.0464 e. The van der Waals surface area contributed by atoms with Crippen LogP contribution in [-0.2, 0) is 6.42 Å². The quantitative estimate of drug-likeness (QED) is 0.217. The van der Waals surface area contributed by atoms with Gasteiger partial charge in [-0.3, -0.25) is 0 Å². The van der Waals surface area contributed by atoms with Crippen molar-refractivity contribution in [3.05, 3.63) is 168 Å². The molecular weight excluding hydrogens is 555 g/mol. The van der Waals surface area contributed by atoms with Gasteiger partial charge in [0.25, 0.3) is 0 Å². The minimum Gasteiger partial charge on any atom is -0.355 e. The number of aryl methyl sites for hydroxylation is 2. The number of rotatable bonds is 3. The van der Waals surface area contributed by atoms with E-state index in [4.69, 9.17) is 0 Å². The molecule has 46 heavy (non-hydrogen) atoms. The monoisotopic (exact) mass is 587 g/mol. The Bertz CT molecular complexity index is 2340. The van der Waals surface area contributed by atoms with Crippen LogP contribution in [0.25, 0.3) is 66.8 Å². The molecule has 1 heterocycles. The van der Waals surface area contributed by atoms with Crippen LogP contribution in [0.2, 0.25) is 0 Å². The first kappa shape index (κ1) is 26.7. The van der Waals surface area contributed by atoms with Gasteiger partial charge < -0.3 is 5.32 Å². The van der Waals surface area contributed by atoms with Crippen LogP contribution in [0.1, 0.15) is 22.3 Å². The van der Waals surface area contributed by atoms with Gasteiger partial charge in [0.1, 0.15) is 0 Å². The molecule has 1 aliphatic carbocycles. The van der Waals surface area contributed by atoms with Crippen LogP contribution in [0.15, 0.2) is 146 Å². The molecule has 7 aromatic rings. The number of hydrogen-bond donors (Lipinski definition) is 1. The van der Waals surface area contributed by atoms with Gasteiger partial charge in [-0.1, -0.05) is 109 Å². The normalized spacial score (nSPS) is 12.2. The summed E-state index contributed by atoms with van der Waals surface area (Å²) in [5.74, 6) is 0. The molecule has 0 fully saturated rings. The van der Waals surface area contributed by atoms with Gasteiger partial charge in [0.15, 0.2) is 0 Å². The number of anilines is 2. The van der Waals surface area contributed by atoms with E-state index < -0.39 is 0 Å². The van der Waals surface area contributed by atoms with E-state index in [2.05, 4.69) is 165 Å². The third-order valence-corrected chi connectivity index (χ3v) is 9.95. The Morgan fingerprint density at radius 2 is 0.804 bits per heavy atom. The van der Waals surface area contributed by atoms with Crippen LogP contribution in [0.5, 0.6) is 0 Å². The summed E-state index contributed by atoms with van der Waals surface area (Å²) in [4.78, 5) is 0. The highest BCUT2D eigenvalue weighted by Gasteiger charge is 2.22. The van der Waals surface area contributed by atoms with Gasteiger partial charge in [0.05, 0.1) is 0 Å². The number of hydrogen-bond acceptors (Lipinski definition) is 1. The molecule has 0 radical (unpaired) electrons. The fourth-order valence-electron chi connectivity index (χ4n) is 7.48. The zero-order valence-corrected chi connectivity index (χ0v) is 26.1. The topological polar surface area (TPSA) is 12.0 Å². The summed E-state index contributed by atoms with van der Waals surface area (Å²) in [5, 5.41) is 3.82. The van der Waals surface area contributed by atoms with Crippen molar-refractivity contribution < 1.29 is 0 Å². The van der Waals surface area contributed by atoms with Gasteiger partial charge in [-0.15, -0.1) is 0 Å². The predicted molar refractivity (Wildman–Crippen MR) is 195 cm³/mol. The fraction of sp³-hybridized carbons (Fsp3) is 0.0667. The van der Waals surface area contributed by atoms with Crippen molar-refractivity contribution in [2.24, 2.45) is 0 Å². The van der Waals surface area contributed by atoms with E-state index in [0.717, 1.165) is 17.8 Å². The van der Waals surface area contributed by atoms with E-state index in [1.165, 1.54) is 89.0 Å². The Hall–Kier alpha value is -5.66. The Labute approximate surface area is 270 Å². The highest BCUT2D eigenvalue weighted by molar-refractivity contribution is 6.01. The minimum atomic E-state index is 1.02. The lowest BCUT2D eigenvalue weighted by molar-refractivity contribution is 1.26. The van der Waals surface area contributed by atoms with Crippen molar-refractivity contribution >= 4 is 11.4 Å². The van der Waals surface area contributed by atoms with Crippen molar-refractivity contribution in [2.45, 2.75) is 20.3 Å². The average molecular weight is 588 g/mol. The molecule has 7 aromatic carbocycles. The lowest BCUT2D eigenvalue weighted by Crippen LogP contribution is -1.93. The highest BCUT2D eigenvalue weighted by atomic mass is 14.9. The molecule has 0 atom stereocenters. The Balaban J connectivity index is 1.14. The first-order chi connectivity index (χ1) is 22.6. The molecule has 0 saturated carbocycles. The summed E-state index contributed by atoms with van der Waals surface area (Å²) >= 11 is 0. The third-order valence-electron chi connectivity index (χ3n) is 9.95. The molecule has 1 heteroatoms. The predicted octanol–water partition coefficient (Wildman–Crippen LogP) is 12.3. The summed E-state index contributed by atoms with van der Waals surface area (Å²) in [6.45, 7) is 4.40. The minimum absolute atomic E-state index is 1.02. The van der Waals surface area contributed by atoms with E-state index in [0.29, 0.717) is 0 Å². The molecule has 0 amide bonds.